The number of thiazole rings is 1. The average molecular weight is 438 g/mol. The van der Waals surface area contributed by atoms with Gasteiger partial charge < -0.3 is 4.90 Å². The molecule has 2 aromatic carbocycles. The van der Waals surface area contributed by atoms with Crippen molar-refractivity contribution >= 4 is 56.6 Å². The number of aromatic nitrogens is 1. The maximum absolute atomic E-state index is 13.2. The number of benzene rings is 2. The van der Waals surface area contributed by atoms with Crippen LogP contribution in [0.4, 0.5) is 5.13 Å². The molecule has 1 amide bonds. The van der Waals surface area contributed by atoms with E-state index in [0.29, 0.717) is 23.1 Å². The molecule has 0 aliphatic heterocycles. The summed E-state index contributed by atoms with van der Waals surface area (Å²) in [5.74, 6) is 0.0546. The second kappa shape index (κ2) is 9.70. The Balaban J connectivity index is 0.00000280. The van der Waals surface area contributed by atoms with Gasteiger partial charge in [0.1, 0.15) is 5.52 Å². The zero-order chi connectivity index (χ0) is 19.6. The van der Waals surface area contributed by atoms with Crippen LogP contribution >= 0.6 is 35.3 Å². The van der Waals surface area contributed by atoms with Crippen LogP contribution in [0.2, 0.25) is 5.02 Å². The lowest BCUT2D eigenvalue weighted by Crippen LogP contribution is -2.37. The molecule has 150 valence electrons. The van der Waals surface area contributed by atoms with E-state index in [0.717, 1.165) is 27.9 Å². The molecule has 3 aromatic rings. The van der Waals surface area contributed by atoms with E-state index in [2.05, 4.69) is 35.9 Å². The van der Waals surface area contributed by atoms with Crippen LogP contribution in [0.5, 0.6) is 0 Å². The molecule has 0 saturated carbocycles. The summed E-state index contributed by atoms with van der Waals surface area (Å²) in [6.45, 7) is 5.47. The molecule has 0 fully saturated rings. The maximum atomic E-state index is 13.2. The number of nitrogens with zero attached hydrogens (tertiary/aromatic N) is 3. The zero-order valence-electron chi connectivity index (χ0n) is 16.5. The molecule has 28 heavy (non-hydrogen) atoms. The fourth-order valence-corrected chi connectivity index (χ4v) is 4.26. The van der Waals surface area contributed by atoms with Crippen LogP contribution in [0, 0.1) is 13.8 Å². The van der Waals surface area contributed by atoms with Crippen LogP contribution in [0.15, 0.2) is 36.4 Å². The van der Waals surface area contributed by atoms with Gasteiger partial charge in [0, 0.05) is 13.1 Å². The number of fused-ring (bicyclic) bond motifs is 1. The molecule has 0 aliphatic carbocycles. The van der Waals surface area contributed by atoms with Crippen molar-refractivity contribution in [2.75, 3.05) is 32.1 Å². The second-order valence-corrected chi connectivity index (χ2v) is 8.45. The summed E-state index contributed by atoms with van der Waals surface area (Å²) in [7, 11) is 4.00. The van der Waals surface area contributed by atoms with Gasteiger partial charge in [0.25, 0.3) is 0 Å². The number of rotatable bonds is 6. The van der Waals surface area contributed by atoms with Crippen LogP contribution in [0.3, 0.4) is 0 Å². The summed E-state index contributed by atoms with van der Waals surface area (Å²) < 4.78 is 0.992. The largest absolute Gasteiger partial charge is 0.308 e. The number of hydrogen-bond acceptors (Lipinski definition) is 4. The minimum atomic E-state index is 0. The molecule has 0 spiro atoms. The van der Waals surface area contributed by atoms with Crippen molar-refractivity contribution in [3.8, 4) is 0 Å². The summed E-state index contributed by atoms with van der Waals surface area (Å²) in [4.78, 5) is 21.7. The monoisotopic (exact) mass is 437 g/mol. The molecular formula is C21H25Cl2N3OS. The van der Waals surface area contributed by atoms with Gasteiger partial charge >= 0.3 is 0 Å². The second-order valence-electron chi connectivity index (χ2n) is 7.04. The van der Waals surface area contributed by atoms with Crippen LogP contribution < -0.4 is 4.90 Å². The first-order chi connectivity index (χ1) is 12.8. The third-order valence-corrected chi connectivity index (χ3v) is 5.85. The molecular weight excluding hydrogens is 413 g/mol. The number of anilines is 1. The quantitative estimate of drug-likeness (QED) is 0.536. The zero-order valence-corrected chi connectivity index (χ0v) is 18.9. The van der Waals surface area contributed by atoms with Gasteiger partial charge in [-0.15, -0.1) is 12.4 Å². The number of hydrogen-bond donors (Lipinski definition) is 0. The molecule has 4 nitrogen and oxygen atoms in total. The van der Waals surface area contributed by atoms with Crippen molar-refractivity contribution in [2.24, 2.45) is 0 Å². The summed E-state index contributed by atoms with van der Waals surface area (Å²) in [5, 5.41) is 1.32. The molecule has 0 bridgehead atoms. The van der Waals surface area contributed by atoms with Crippen LogP contribution in [0.25, 0.3) is 10.2 Å². The highest BCUT2D eigenvalue weighted by Crippen LogP contribution is 2.33. The summed E-state index contributed by atoms with van der Waals surface area (Å²) in [6, 6.07) is 11.9. The highest BCUT2D eigenvalue weighted by atomic mass is 35.5. The van der Waals surface area contributed by atoms with E-state index in [1.807, 2.05) is 38.4 Å². The minimum absolute atomic E-state index is 0. The standard InChI is InChI=1S/C21H24ClN3OS.ClH/c1-14-8-9-16(15(2)12-14)13-19(26)25(11-10-24(3)4)21-23-20-17(22)6-5-7-18(20)27-21;/h5-9,12H,10-11,13H2,1-4H3;1H. The third-order valence-electron chi connectivity index (χ3n) is 4.50. The molecule has 1 aromatic heterocycles. The van der Waals surface area contributed by atoms with Gasteiger partial charge in [0.2, 0.25) is 5.91 Å². The number of carbonyl (C=O) groups is 1. The summed E-state index contributed by atoms with van der Waals surface area (Å²) in [5.41, 5.74) is 4.16. The smallest absolute Gasteiger partial charge is 0.233 e. The lowest BCUT2D eigenvalue weighted by Gasteiger charge is -2.22. The molecule has 1 heterocycles. The molecule has 0 N–H and O–H groups in total. The van der Waals surface area contributed by atoms with Crippen molar-refractivity contribution in [3.05, 3.63) is 58.1 Å². The van der Waals surface area contributed by atoms with Crippen molar-refractivity contribution in [3.63, 3.8) is 0 Å². The fraction of sp³-hybridized carbons (Fsp3) is 0.333. The third kappa shape index (κ3) is 5.23. The Morgan fingerprint density at radius 2 is 1.89 bits per heavy atom. The SMILES string of the molecule is Cc1ccc(CC(=O)N(CCN(C)C)c2nc3c(Cl)cccc3s2)c(C)c1.Cl. The van der Waals surface area contributed by atoms with E-state index >= 15 is 0 Å². The Kier molecular flexibility index (Phi) is 7.84. The number of para-hydroxylation sites is 1. The summed E-state index contributed by atoms with van der Waals surface area (Å²) in [6.07, 6.45) is 0.364. The van der Waals surface area contributed by atoms with Gasteiger partial charge in [-0.25, -0.2) is 4.98 Å². The van der Waals surface area contributed by atoms with Crippen molar-refractivity contribution < 1.29 is 4.79 Å². The maximum Gasteiger partial charge on any atom is 0.233 e. The topological polar surface area (TPSA) is 36.4 Å². The Morgan fingerprint density at radius 3 is 2.54 bits per heavy atom. The first-order valence-electron chi connectivity index (χ1n) is 8.91. The van der Waals surface area contributed by atoms with Gasteiger partial charge in [-0.1, -0.05) is 52.8 Å². The van der Waals surface area contributed by atoms with Crippen molar-refractivity contribution in [2.45, 2.75) is 20.3 Å². The predicted molar refractivity (Wildman–Crippen MR) is 122 cm³/mol. The van der Waals surface area contributed by atoms with Crippen LogP contribution in [0.1, 0.15) is 16.7 Å². The van der Waals surface area contributed by atoms with Gasteiger partial charge in [0.15, 0.2) is 5.13 Å². The minimum Gasteiger partial charge on any atom is -0.308 e. The molecule has 0 saturated heterocycles. The van der Waals surface area contributed by atoms with Gasteiger partial charge in [-0.3, -0.25) is 9.69 Å². The highest BCUT2D eigenvalue weighted by Gasteiger charge is 2.21. The Bertz CT molecular complexity index is 971. The Morgan fingerprint density at radius 1 is 1.14 bits per heavy atom. The molecule has 0 radical (unpaired) electrons. The van der Waals surface area contributed by atoms with E-state index < -0.39 is 0 Å². The lowest BCUT2D eigenvalue weighted by molar-refractivity contribution is -0.118. The molecule has 0 aliphatic rings. The number of carbonyl (C=O) groups excluding carboxylic acids is 1. The normalized spacial score (nSPS) is 10.9. The summed E-state index contributed by atoms with van der Waals surface area (Å²) >= 11 is 7.79. The van der Waals surface area contributed by atoms with Crippen LogP contribution in [-0.2, 0) is 11.2 Å². The number of likely N-dealkylation sites (N-methyl/N-ethyl adjacent to an activating group) is 1. The van der Waals surface area contributed by atoms with E-state index in [1.165, 1.54) is 16.9 Å². The molecule has 3 rings (SSSR count). The molecule has 7 heteroatoms. The van der Waals surface area contributed by atoms with E-state index in [1.54, 1.807) is 4.90 Å². The highest BCUT2D eigenvalue weighted by molar-refractivity contribution is 7.22. The number of amides is 1. The van der Waals surface area contributed by atoms with E-state index in [4.69, 9.17) is 11.6 Å². The first-order valence-corrected chi connectivity index (χ1v) is 10.1. The van der Waals surface area contributed by atoms with Gasteiger partial charge in [-0.05, 0) is 51.2 Å². The fourth-order valence-electron chi connectivity index (χ4n) is 2.95. The number of halogens is 2. The Labute approximate surface area is 181 Å². The van der Waals surface area contributed by atoms with Gasteiger partial charge in [0.05, 0.1) is 16.1 Å². The van der Waals surface area contributed by atoms with E-state index in [-0.39, 0.29) is 18.3 Å². The first kappa shape index (κ1) is 22.6. The Hall–Kier alpha value is -1.66. The number of aryl methyl sites for hydroxylation is 2. The predicted octanol–water partition coefficient (Wildman–Crippen LogP) is 5.13. The van der Waals surface area contributed by atoms with Crippen molar-refractivity contribution in [1.29, 1.82) is 0 Å². The average Bonchev–Trinajstić information content (AvgIpc) is 3.02. The van der Waals surface area contributed by atoms with E-state index in [9.17, 15) is 4.79 Å². The van der Waals surface area contributed by atoms with Gasteiger partial charge in [-0.2, -0.15) is 0 Å². The lowest BCUT2D eigenvalue weighted by atomic mass is 10.0. The molecule has 0 unspecified atom stereocenters. The molecule has 0 atom stereocenters. The van der Waals surface area contributed by atoms with Crippen LogP contribution in [-0.4, -0.2) is 43.0 Å². The van der Waals surface area contributed by atoms with Crippen molar-refractivity contribution in [1.82, 2.24) is 9.88 Å².